The first kappa shape index (κ1) is 16.5. The Morgan fingerprint density at radius 2 is 2.09 bits per heavy atom. The molecule has 0 spiro atoms. The Kier molecular flexibility index (Phi) is 5.98. The maximum atomic E-state index is 11.8. The van der Waals surface area contributed by atoms with Crippen LogP contribution in [0.4, 0.5) is 0 Å². The molecule has 0 aromatic heterocycles. The van der Waals surface area contributed by atoms with E-state index in [1.165, 1.54) is 6.08 Å². The smallest absolute Gasteiger partial charge is 0.244 e. The molecule has 0 saturated heterocycles. The average Bonchev–Trinajstić information content (AvgIpc) is 2.81. The minimum atomic E-state index is -0.689. The first-order valence-electron chi connectivity index (χ1n) is 7.58. The molecular formula is C17H24N2O3. The number of carbonyl (C=O) groups is 1. The van der Waals surface area contributed by atoms with Crippen LogP contribution in [0.25, 0.3) is 0 Å². The lowest BCUT2D eigenvalue weighted by Crippen LogP contribution is -2.43. The fraction of sp³-hybridized carbons (Fsp3) is 0.471. The summed E-state index contributed by atoms with van der Waals surface area (Å²) < 4.78 is 5.79. The van der Waals surface area contributed by atoms with E-state index in [0.717, 1.165) is 12.2 Å². The van der Waals surface area contributed by atoms with Gasteiger partial charge in [-0.2, -0.15) is 0 Å². The van der Waals surface area contributed by atoms with Crippen molar-refractivity contribution in [1.82, 2.24) is 10.2 Å². The second-order valence-corrected chi connectivity index (χ2v) is 5.82. The summed E-state index contributed by atoms with van der Waals surface area (Å²) in [6.07, 6.45) is 3.78. The number of para-hydroxylation sites is 1. The van der Waals surface area contributed by atoms with Gasteiger partial charge in [0.1, 0.15) is 18.0 Å². The van der Waals surface area contributed by atoms with Crippen LogP contribution in [0.2, 0.25) is 0 Å². The van der Waals surface area contributed by atoms with Crippen molar-refractivity contribution in [3.8, 4) is 5.75 Å². The van der Waals surface area contributed by atoms with E-state index in [0.29, 0.717) is 13.0 Å². The maximum absolute atomic E-state index is 11.8. The molecule has 0 bridgehead atoms. The van der Waals surface area contributed by atoms with Crippen molar-refractivity contribution in [2.75, 3.05) is 20.6 Å². The van der Waals surface area contributed by atoms with Crippen molar-refractivity contribution in [2.24, 2.45) is 0 Å². The summed E-state index contributed by atoms with van der Waals surface area (Å²) in [4.78, 5) is 13.8. The van der Waals surface area contributed by atoms with Crippen molar-refractivity contribution in [3.05, 3.63) is 42.5 Å². The molecule has 5 heteroatoms. The number of hydrogen-bond donors (Lipinski definition) is 2. The third-order valence-corrected chi connectivity index (χ3v) is 3.65. The minimum Gasteiger partial charge on any atom is -0.488 e. The molecule has 5 nitrogen and oxygen atoms in total. The van der Waals surface area contributed by atoms with Crippen LogP contribution in [0, 0.1) is 0 Å². The van der Waals surface area contributed by atoms with E-state index >= 15 is 0 Å². The molecule has 3 atom stereocenters. The lowest BCUT2D eigenvalue weighted by atomic mass is 10.2. The van der Waals surface area contributed by atoms with Gasteiger partial charge in [-0.3, -0.25) is 4.79 Å². The number of ether oxygens (including phenoxy) is 1. The van der Waals surface area contributed by atoms with Crippen molar-refractivity contribution < 1.29 is 14.6 Å². The highest BCUT2D eigenvalue weighted by Gasteiger charge is 2.36. The van der Waals surface area contributed by atoms with Gasteiger partial charge in [0, 0.05) is 12.6 Å². The Balaban J connectivity index is 1.82. The summed E-state index contributed by atoms with van der Waals surface area (Å²) >= 11 is 0. The van der Waals surface area contributed by atoms with E-state index in [4.69, 9.17) is 4.74 Å². The number of nitrogens with zero attached hydrogens (tertiary/aromatic N) is 1. The molecule has 1 aromatic rings. The first-order chi connectivity index (χ1) is 10.6. The van der Waals surface area contributed by atoms with Crippen LogP contribution in [0.15, 0.2) is 42.5 Å². The molecule has 0 unspecified atom stereocenters. The van der Waals surface area contributed by atoms with Gasteiger partial charge in [0.2, 0.25) is 5.91 Å². The Bertz CT molecular complexity index is 502. The zero-order chi connectivity index (χ0) is 15.9. The zero-order valence-electron chi connectivity index (χ0n) is 13.1. The predicted octanol–water partition coefficient (Wildman–Crippen LogP) is 1.19. The second kappa shape index (κ2) is 7.96. The molecule has 1 fully saturated rings. The Hall–Kier alpha value is -1.85. The van der Waals surface area contributed by atoms with Crippen LogP contribution in [0.5, 0.6) is 5.75 Å². The zero-order valence-corrected chi connectivity index (χ0v) is 13.1. The van der Waals surface area contributed by atoms with Gasteiger partial charge in [0.25, 0.3) is 0 Å². The van der Waals surface area contributed by atoms with Crippen LogP contribution >= 0.6 is 0 Å². The standard InChI is InChI=1S/C17H24N2O3/c1-19(2)12-6-9-16(20)18-14-10-11-15(17(14)21)22-13-7-4-3-5-8-13/h3-9,14-15,17,21H,10-12H2,1-2H3,(H,18,20)/b9-6+/t14-,15-,17-/m1/s1. The van der Waals surface area contributed by atoms with Gasteiger partial charge in [-0.05, 0) is 39.1 Å². The number of benzene rings is 1. The van der Waals surface area contributed by atoms with Crippen LogP contribution in [0.3, 0.4) is 0 Å². The molecule has 0 aliphatic heterocycles. The van der Waals surface area contributed by atoms with E-state index < -0.39 is 6.10 Å². The number of likely N-dealkylation sites (N-methyl/N-ethyl adjacent to an activating group) is 1. The fourth-order valence-electron chi connectivity index (χ4n) is 2.51. The number of aliphatic hydroxyl groups excluding tert-OH is 1. The van der Waals surface area contributed by atoms with Crippen molar-refractivity contribution in [3.63, 3.8) is 0 Å². The first-order valence-corrected chi connectivity index (χ1v) is 7.58. The van der Waals surface area contributed by atoms with Crippen LogP contribution < -0.4 is 10.1 Å². The normalized spacial score (nSPS) is 24.8. The van der Waals surface area contributed by atoms with Crippen molar-refractivity contribution in [2.45, 2.75) is 31.1 Å². The summed E-state index contributed by atoms with van der Waals surface area (Å²) in [7, 11) is 3.88. The molecule has 2 rings (SSSR count). The minimum absolute atomic E-state index is 0.175. The number of rotatable bonds is 6. The Morgan fingerprint density at radius 3 is 2.77 bits per heavy atom. The third-order valence-electron chi connectivity index (χ3n) is 3.65. The number of hydrogen-bond acceptors (Lipinski definition) is 4. The summed E-state index contributed by atoms with van der Waals surface area (Å²) in [5, 5.41) is 13.1. The molecule has 1 aliphatic carbocycles. The molecule has 0 heterocycles. The molecule has 0 radical (unpaired) electrons. The van der Waals surface area contributed by atoms with Gasteiger partial charge in [-0.15, -0.1) is 0 Å². The molecular weight excluding hydrogens is 280 g/mol. The van der Waals surface area contributed by atoms with Crippen molar-refractivity contribution in [1.29, 1.82) is 0 Å². The summed E-state index contributed by atoms with van der Waals surface area (Å²) in [5.41, 5.74) is 0. The number of aliphatic hydroxyl groups is 1. The Labute approximate surface area is 131 Å². The average molecular weight is 304 g/mol. The molecule has 22 heavy (non-hydrogen) atoms. The highest BCUT2D eigenvalue weighted by atomic mass is 16.5. The largest absolute Gasteiger partial charge is 0.488 e. The SMILES string of the molecule is CN(C)C/C=C/C(=O)N[C@@H]1CC[C@@H](Oc2ccccc2)[C@@H]1O. The van der Waals surface area contributed by atoms with Crippen LogP contribution in [-0.2, 0) is 4.79 Å². The molecule has 1 aliphatic rings. The van der Waals surface area contributed by atoms with E-state index in [2.05, 4.69) is 5.32 Å². The van der Waals surface area contributed by atoms with E-state index in [9.17, 15) is 9.90 Å². The van der Waals surface area contributed by atoms with Gasteiger partial charge in [-0.1, -0.05) is 24.3 Å². The quantitative estimate of drug-likeness (QED) is 0.775. The molecule has 1 aromatic carbocycles. The second-order valence-electron chi connectivity index (χ2n) is 5.82. The number of amides is 1. The monoisotopic (exact) mass is 304 g/mol. The predicted molar refractivity (Wildman–Crippen MR) is 85.7 cm³/mol. The van der Waals surface area contributed by atoms with Gasteiger partial charge in [-0.25, -0.2) is 0 Å². The summed E-state index contributed by atoms with van der Waals surface area (Å²) in [5.74, 6) is 0.565. The van der Waals surface area contributed by atoms with Gasteiger partial charge < -0.3 is 20.1 Å². The lowest BCUT2D eigenvalue weighted by Gasteiger charge is -2.21. The third kappa shape index (κ3) is 4.86. The number of carbonyl (C=O) groups excluding carboxylic acids is 1. The van der Waals surface area contributed by atoms with Gasteiger partial charge in [0.15, 0.2) is 0 Å². The highest BCUT2D eigenvalue weighted by Crippen LogP contribution is 2.25. The number of nitrogens with one attached hydrogen (secondary N) is 1. The van der Waals surface area contributed by atoms with Crippen LogP contribution in [-0.4, -0.2) is 54.8 Å². The highest BCUT2D eigenvalue weighted by molar-refractivity contribution is 5.87. The molecule has 120 valence electrons. The maximum Gasteiger partial charge on any atom is 0.244 e. The summed E-state index contributed by atoms with van der Waals surface area (Å²) in [6.45, 7) is 0.709. The fourth-order valence-corrected chi connectivity index (χ4v) is 2.51. The summed E-state index contributed by atoms with van der Waals surface area (Å²) in [6, 6.07) is 9.17. The van der Waals surface area contributed by atoms with Crippen molar-refractivity contribution >= 4 is 5.91 Å². The van der Waals surface area contributed by atoms with Gasteiger partial charge in [0.05, 0.1) is 6.04 Å². The van der Waals surface area contributed by atoms with Gasteiger partial charge >= 0.3 is 0 Å². The van der Waals surface area contributed by atoms with E-state index in [1.807, 2.05) is 49.3 Å². The topological polar surface area (TPSA) is 61.8 Å². The van der Waals surface area contributed by atoms with E-state index in [1.54, 1.807) is 6.08 Å². The molecule has 1 saturated carbocycles. The molecule has 2 N–H and O–H groups in total. The van der Waals surface area contributed by atoms with E-state index in [-0.39, 0.29) is 18.1 Å². The molecule has 1 amide bonds. The Morgan fingerprint density at radius 1 is 1.36 bits per heavy atom. The lowest BCUT2D eigenvalue weighted by molar-refractivity contribution is -0.118. The van der Waals surface area contributed by atoms with Crippen LogP contribution in [0.1, 0.15) is 12.8 Å².